The molecule has 0 unspecified atom stereocenters. The largest absolute Gasteiger partial charge is 0.381 e. The van der Waals surface area contributed by atoms with Crippen LogP contribution < -0.4 is 0 Å². The number of nitrogens with zero attached hydrogens (tertiary/aromatic N) is 3. The van der Waals surface area contributed by atoms with Gasteiger partial charge in [0.25, 0.3) is 0 Å². The first kappa shape index (κ1) is 14.0. The van der Waals surface area contributed by atoms with Gasteiger partial charge in [-0.05, 0) is 19.8 Å². The molecule has 1 aromatic rings. The van der Waals surface area contributed by atoms with Gasteiger partial charge in [0.1, 0.15) is 5.41 Å². The normalized spacial score (nSPS) is 17.7. The number of carbonyl (C=O) groups is 1. The highest BCUT2D eigenvalue weighted by molar-refractivity contribution is 7.09. The molecular formula is C13H17N3O2S. The minimum atomic E-state index is -0.919. The second-order valence-corrected chi connectivity index (χ2v) is 5.89. The van der Waals surface area contributed by atoms with Crippen LogP contribution in [0.2, 0.25) is 0 Å². The fourth-order valence-electron chi connectivity index (χ4n) is 2.25. The molecule has 1 aromatic heterocycles. The lowest BCUT2D eigenvalue weighted by Crippen LogP contribution is -2.44. The second kappa shape index (κ2) is 5.68. The van der Waals surface area contributed by atoms with Crippen molar-refractivity contribution >= 4 is 17.2 Å². The van der Waals surface area contributed by atoms with Crippen molar-refractivity contribution in [3.63, 3.8) is 0 Å². The molecule has 2 rings (SSSR count). The summed E-state index contributed by atoms with van der Waals surface area (Å²) in [6.07, 6.45) is 0.950. The average molecular weight is 279 g/mol. The van der Waals surface area contributed by atoms with Crippen LogP contribution in [0, 0.1) is 23.7 Å². The topological polar surface area (TPSA) is 66.2 Å². The van der Waals surface area contributed by atoms with E-state index >= 15 is 0 Å². The Kier molecular flexibility index (Phi) is 4.17. The van der Waals surface area contributed by atoms with Crippen molar-refractivity contribution in [1.29, 1.82) is 5.26 Å². The molecule has 1 aliphatic rings. The van der Waals surface area contributed by atoms with Crippen molar-refractivity contribution in [3.8, 4) is 6.07 Å². The van der Waals surface area contributed by atoms with E-state index in [1.54, 1.807) is 23.3 Å². The van der Waals surface area contributed by atoms with Crippen molar-refractivity contribution in [2.24, 2.45) is 5.41 Å². The molecule has 2 heterocycles. The smallest absolute Gasteiger partial charge is 0.243 e. The van der Waals surface area contributed by atoms with Gasteiger partial charge in [0, 0.05) is 25.6 Å². The van der Waals surface area contributed by atoms with E-state index in [0.29, 0.717) is 32.6 Å². The molecule has 1 saturated heterocycles. The molecule has 0 bridgehead atoms. The maximum Gasteiger partial charge on any atom is 0.243 e. The third-order valence-electron chi connectivity index (χ3n) is 3.38. The Morgan fingerprint density at radius 1 is 1.63 bits per heavy atom. The summed E-state index contributed by atoms with van der Waals surface area (Å²) in [4.78, 5) is 18.4. The molecule has 0 aliphatic carbocycles. The number of aryl methyl sites for hydroxylation is 1. The summed E-state index contributed by atoms with van der Waals surface area (Å²) in [7, 11) is 1.73. The van der Waals surface area contributed by atoms with Gasteiger partial charge < -0.3 is 9.64 Å². The molecule has 19 heavy (non-hydrogen) atoms. The molecule has 0 spiro atoms. The van der Waals surface area contributed by atoms with Gasteiger partial charge >= 0.3 is 0 Å². The number of rotatable bonds is 3. The van der Waals surface area contributed by atoms with E-state index < -0.39 is 5.41 Å². The second-order valence-electron chi connectivity index (χ2n) is 4.83. The van der Waals surface area contributed by atoms with Crippen LogP contribution in [-0.2, 0) is 16.1 Å². The highest BCUT2D eigenvalue weighted by atomic mass is 32.1. The summed E-state index contributed by atoms with van der Waals surface area (Å²) in [6.45, 7) is 3.34. The van der Waals surface area contributed by atoms with Crippen LogP contribution in [0.3, 0.4) is 0 Å². The average Bonchev–Trinajstić information content (AvgIpc) is 2.84. The fourth-order valence-corrected chi connectivity index (χ4v) is 2.86. The molecule has 102 valence electrons. The molecule has 0 radical (unpaired) electrons. The van der Waals surface area contributed by atoms with Crippen molar-refractivity contribution in [1.82, 2.24) is 9.88 Å². The number of ether oxygens (including phenoxy) is 1. The van der Waals surface area contributed by atoms with Crippen LogP contribution in [0.1, 0.15) is 23.5 Å². The van der Waals surface area contributed by atoms with E-state index in [2.05, 4.69) is 11.1 Å². The molecule has 1 aliphatic heterocycles. The zero-order valence-corrected chi connectivity index (χ0v) is 12.0. The lowest BCUT2D eigenvalue weighted by Gasteiger charge is -2.32. The number of amides is 1. The summed E-state index contributed by atoms with van der Waals surface area (Å²) >= 11 is 1.56. The van der Waals surface area contributed by atoms with Crippen LogP contribution in [0.5, 0.6) is 0 Å². The highest BCUT2D eigenvalue weighted by Crippen LogP contribution is 2.32. The minimum absolute atomic E-state index is 0.121. The van der Waals surface area contributed by atoms with Crippen molar-refractivity contribution in [3.05, 3.63) is 16.1 Å². The summed E-state index contributed by atoms with van der Waals surface area (Å²) in [5.41, 5.74) is -0.0450. The van der Waals surface area contributed by atoms with Crippen molar-refractivity contribution in [2.45, 2.75) is 26.3 Å². The van der Waals surface area contributed by atoms with Gasteiger partial charge in [-0.3, -0.25) is 4.79 Å². The number of hydrogen-bond donors (Lipinski definition) is 0. The molecule has 5 nitrogen and oxygen atoms in total. The van der Waals surface area contributed by atoms with Gasteiger partial charge in [-0.15, -0.1) is 11.3 Å². The number of nitriles is 1. The van der Waals surface area contributed by atoms with Crippen molar-refractivity contribution in [2.75, 3.05) is 20.3 Å². The zero-order valence-electron chi connectivity index (χ0n) is 11.2. The molecule has 1 fully saturated rings. The maximum atomic E-state index is 12.5. The third-order valence-corrected chi connectivity index (χ3v) is 4.20. The van der Waals surface area contributed by atoms with E-state index in [1.807, 2.05) is 12.3 Å². The quantitative estimate of drug-likeness (QED) is 0.845. The summed E-state index contributed by atoms with van der Waals surface area (Å²) in [6, 6.07) is 2.20. The van der Waals surface area contributed by atoms with Crippen LogP contribution in [0.15, 0.2) is 5.38 Å². The Bertz CT molecular complexity index is 500. The molecule has 0 aromatic carbocycles. The molecule has 0 saturated carbocycles. The van der Waals surface area contributed by atoms with Gasteiger partial charge in [-0.2, -0.15) is 5.26 Å². The van der Waals surface area contributed by atoms with E-state index in [4.69, 9.17) is 4.74 Å². The van der Waals surface area contributed by atoms with E-state index in [-0.39, 0.29) is 5.91 Å². The van der Waals surface area contributed by atoms with Gasteiger partial charge in [-0.1, -0.05) is 0 Å². The maximum absolute atomic E-state index is 12.5. The van der Waals surface area contributed by atoms with Crippen LogP contribution in [0.25, 0.3) is 0 Å². The van der Waals surface area contributed by atoms with Gasteiger partial charge in [0.05, 0.1) is 23.3 Å². The Morgan fingerprint density at radius 3 is 2.84 bits per heavy atom. The van der Waals surface area contributed by atoms with Gasteiger partial charge in [0.15, 0.2) is 0 Å². The molecule has 0 N–H and O–H groups in total. The van der Waals surface area contributed by atoms with E-state index in [9.17, 15) is 10.1 Å². The Labute approximate surface area is 116 Å². The summed E-state index contributed by atoms with van der Waals surface area (Å²) < 4.78 is 5.25. The lowest BCUT2D eigenvalue weighted by atomic mass is 9.80. The molecule has 1 amide bonds. The first-order valence-corrected chi connectivity index (χ1v) is 7.11. The zero-order chi connectivity index (χ0) is 13.9. The van der Waals surface area contributed by atoms with E-state index in [1.165, 1.54) is 0 Å². The van der Waals surface area contributed by atoms with Gasteiger partial charge in [-0.25, -0.2) is 4.98 Å². The Hall–Kier alpha value is -1.45. The Balaban J connectivity index is 2.07. The van der Waals surface area contributed by atoms with Gasteiger partial charge in [0.2, 0.25) is 5.91 Å². The van der Waals surface area contributed by atoms with E-state index in [0.717, 1.165) is 10.7 Å². The number of carbonyl (C=O) groups excluding carboxylic acids is 1. The SMILES string of the molecule is Cc1nc(CN(C)C(=O)C2(C#N)CCOCC2)cs1. The number of hydrogen-bond acceptors (Lipinski definition) is 5. The lowest BCUT2D eigenvalue weighted by molar-refractivity contribution is -0.142. The summed E-state index contributed by atoms with van der Waals surface area (Å²) in [5.74, 6) is -0.121. The summed E-state index contributed by atoms with van der Waals surface area (Å²) in [5, 5.41) is 12.3. The highest BCUT2D eigenvalue weighted by Gasteiger charge is 2.42. The fraction of sp³-hybridized carbons (Fsp3) is 0.615. The standard InChI is InChI=1S/C13H17N3O2S/c1-10-15-11(8-19-10)7-16(2)12(17)13(9-14)3-5-18-6-4-13/h8H,3-7H2,1-2H3. The van der Waals surface area contributed by atoms with Crippen LogP contribution in [-0.4, -0.2) is 36.1 Å². The first-order valence-electron chi connectivity index (χ1n) is 6.23. The third kappa shape index (κ3) is 2.94. The number of aromatic nitrogens is 1. The Morgan fingerprint density at radius 2 is 2.32 bits per heavy atom. The van der Waals surface area contributed by atoms with Crippen molar-refractivity contribution < 1.29 is 9.53 Å². The molecule has 0 atom stereocenters. The molecule has 6 heteroatoms. The van der Waals surface area contributed by atoms with Crippen LogP contribution >= 0.6 is 11.3 Å². The number of thiazole rings is 1. The monoisotopic (exact) mass is 279 g/mol. The predicted molar refractivity (Wildman–Crippen MR) is 71.4 cm³/mol. The predicted octanol–water partition coefficient (Wildman–Crippen LogP) is 1.73. The molecular weight excluding hydrogens is 262 g/mol. The first-order chi connectivity index (χ1) is 9.07. The minimum Gasteiger partial charge on any atom is -0.381 e. The van der Waals surface area contributed by atoms with Crippen LogP contribution in [0.4, 0.5) is 0 Å².